The standard InChI is InChI=1S/C11H22N2O2/c1-3-4-9-15-10(2)11(14)13-7-5-12-6-8-13/h10,12H,3-9H2,1-2H3/t10-/m0/s1. The molecule has 1 N–H and O–H groups in total. The fourth-order valence-corrected chi connectivity index (χ4v) is 1.62. The van der Waals surface area contributed by atoms with Crippen LogP contribution in [0.4, 0.5) is 0 Å². The Labute approximate surface area is 92.0 Å². The Bertz CT molecular complexity index is 191. The molecule has 0 aliphatic carbocycles. The molecule has 1 aliphatic heterocycles. The van der Waals surface area contributed by atoms with E-state index in [0.717, 1.165) is 39.0 Å². The van der Waals surface area contributed by atoms with E-state index in [-0.39, 0.29) is 12.0 Å². The van der Waals surface area contributed by atoms with Crippen LogP contribution in [0.1, 0.15) is 26.7 Å². The number of unbranched alkanes of at least 4 members (excludes halogenated alkanes) is 1. The summed E-state index contributed by atoms with van der Waals surface area (Å²) in [4.78, 5) is 13.7. The molecule has 1 atom stereocenters. The van der Waals surface area contributed by atoms with Crippen LogP contribution in [-0.2, 0) is 9.53 Å². The van der Waals surface area contributed by atoms with E-state index >= 15 is 0 Å². The second-order valence-corrected chi connectivity index (χ2v) is 3.94. The molecule has 0 radical (unpaired) electrons. The van der Waals surface area contributed by atoms with Gasteiger partial charge in [-0.3, -0.25) is 4.79 Å². The van der Waals surface area contributed by atoms with E-state index in [0.29, 0.717) is 6.61 Å². The van der Waals surface area contributed by atoms with E-state index in [4.69, 9.17) is 4.74 Å². The maximum absolute atomic E-state index is 11.9. The van der Waals surface area contributed by atoms with Gasteiger partial charge in [0.1, 0.15) is 6.10 Å². The average molecular weight is 214 g/mol. The van der Waals surface area contributed by atoms with E-state index in [1.807, 2.05) is 11.8 Å². The molecule has 0 unspecified atom stereocenters. The highest BCUT2D eigenvalue weighted by Crippen LogP contribution is 2.02. The summed E-state index contributed by atoms with van der Waals surface area (Å²) in [6.45, 7) is 8.06. The number of nitrogens with one attached hydrogen (secondary N) is 1. The number of hydrogen-bond acceptors (Lipinski definition) is 3. The molecular weight excluding hydrogens is 192 g/mol. The van der Waals surface area contributed by atoms with Gasteiger partial charge >= 0.3 is 0 Å². The molecule has 1 aliphatic rings. The van der Waals surface area contributed by atoms with Gasteiger partial charge in [0, 0.05) is 32.8 Å². The Hall–Kier alpha value is -0.610. The van der Waals surface area contributed by atoms with Gasteiger partial charge in [-0.15, -0.1) is 0 Å². The first kappa shape index (κ1) is 12.5. The normalized spacial score (nSPS) is 18.9. The van der Waals surface area contributed by atoms with Gasteiger partial charge in [0.2, 0.25) is 0 Å². The third-order valence-corrected chi connectivity index (χ3v) is 2.64. The van der Waals surface area contributed by atoms with Crippen molar-refractivity contribution >= 4 is 5.91 Å². The Morgan fingerprint density at radius 1 is 1.47 bits per heavy atom. The molecule has 1 heterocycles. The van der Waals surface area contributed by atoms with Crippen LogP contribution >= 0.6 is 0 Å². The molecule has 0 saturated carbocycles. The van der Waals surface area contributed by atoms with Gasteiger partial charge in [0.15, 0.2) is 0 Å². The minimum Gasteiger partial charge on any atom is -0.369 e. The Morgan fingerprint density at radius 3 is 2.73 bits per heavy atom. The molecule has 4 nitrogen and oxygen atoms in total. The molecule has 0 aromatic carbocycles. The number of hydrogen-bond donors (Lipinski definition) is 1. The molecule has 1 fully saturated rings. The van der Waals surface area contributed by atoms with E-state index in [9.17, 15) is 4.79 Å². The highest BCUT2D eigenvalue weighted by molar-refractivity contribution is 5.80. The minimum absolute atomic E-state index is 0.132. The first-order chi connectivity index (χ1) is 7.25. The lowest BCUT2D eigenvalue weighted by molar-refractivity contribution is -0.143. The third kappa shape index (κ3) is 4.18. The molecule has 1 saturated heterocycles. The molecule has 4 heteroatoms. The van der Waals surface area contributed by atoms with Crippen LogP contribution in [0.3, 0.4) is 0 Å². The maximum atomic E-state index is 11.9. The van der Waals surface area contributed by atoms with Crippen LogP contribution in [0.25, 0.3) is 0 Å². The lowest BCUT2D eigenvalue weighted by Crippen LogP contribution is -2.49. The van der Waals surface area contributed by atoms with Gasteiger partial charge in [0.05, 0.1) is 0 Å². The lowest BCUT2D eigenvalue weighted by Gasteiger charge is -2.29. The summed E-state index contributed by atoms with van der Waals surface area (Å²) >= 11 is 0. The quantitative estimate of drug-likeness (QED) is 0.682. The molecular formula is C11H22N2O2. The summed E-state index contributed by atoms with van der Waals surface area (Å²) in [7, 11) is 0. The molecule has 88 valence electrons. The summed E-state index contributed by atoms with van der Waals surface area (Å²) in [6.07, 6.45) is 1.85. The van der Waals surface area contributed by atoms with Crippen molar-refractivity contribution in [3.05, 3.63) is 0 Å². The molecule has 1 amide bonds. The molecule has 0 spiro atoms. The molecule has 0 aromatic heterocycles. The van der Waals surface area contributed by atoms with Crippen molar-refractivity contribution in [2.45, 2.75) is 32.8 Å². The zero-order valence-electron chi connectivity index (χ0n) is 9.79. The van der Waals surface area contributed by atoms with Crippen LogP contribution in [0.15, 0.2) is 0 Å². The monoisotopic (exact) mass is 214 g/mol. The number of rotatable bonds is 5. The molecule has 0 aromatic rings. The second kappa shape index (κ2) is 6.80. The first-order valence-corrected chi connectivity index (χ1v) is 5.86. The zero-order valence-corrected chi connectivity index (χ0v) is 9.79. The summed E-state index contributed by atoms with van der Waals surface area (Å²) in [6, 6.07) is 0. The predicted octanol–water partition coefficient (Wildman–Crippen LogP) is 0.623. The topological polar surface area (TPSA) is 41.6 Å². The van der Waals surface area contributed by atoms with E-state index in [2.05, 4.69) is 12.2 Å². The van der Waals surface area contributed by atoms with Gasteiger partial charge in [-0.2, -0.15) is 0 Å². The van der Waals surface area contributed by atoms with Gasteiger partial charge < -0.3 is 15.0 Å². The van der Waals surface area contributed by atoms with Crippen LogP contribution in [0.5, 0.6) is 0 Å². The number of carbonyl (C=O) groups excluding carboxylic acids is 1. The van der Waals surface area contributed by atoms with Gasteiger partial charge in [-0.1, -0.05) is 13.3 Å². The largest absolute Gasteiger partial charge is 0.369 e. The summed E-state index contributed by atoms with van der Waals surface area (Å²) in [5.41, 5.74) is 0. The first-order valence-electron chi connectivity index (χ1n) is 5.86. The summed E-state index contributed by atoms with van der Waals surface area (Å²) < 4.78 is 5.49. The van der Waals surface area contributed by atoms with Gasteiger partial charge in [0.25, 0.3) is 5.91 Å². The number of piperazine rings is 1. The average Bonchev–Trinajstić information content (AvgIpc) is 2.29. The number of ether oxygens (including phenoxy) is 1. The van der Waals surface area contributed by atoms with Crippen molar-refractivity contribution in [2.24, 2.45) is 0 Å². The third-order valence-electron chi connectivity index (χ3n) is 2.64. The van der Waals surface area contributed by atoms with E-state index < -0.39 is 0 Å². The minimum atomic E-state index is -0.283. The second-order valence-electron chi connectivity index (χ2n) is 3.94. The number of nitrogens with zero attached hydrogens (tertiary/aromatic N) is 1. The fourth-order valence-electron chi connectivity index (χ4n) is 1.62. The van der Waals surface area contributed by atoms with E-state index in [1.54, 1.807) is 0 Å². The van der Waals surface area contributed by atoms with Crippen LogP contribution in [0.2, 0.25) is 0 Å². The number of amides is 1. The van der Waals surface area contributed by atoms with Crippen LogP contribution < -0.4 is 5.32 Å². The summed E-state index contributed by atoms with van der Waals surface area (Å²) in [5.74, 6) is 0.132. The number of carbonyl (C=O) groups is 1. The van der Waals surface area contributed by atoms with Crippen molar-refractivity contribution in [3.8, 4) is 0 Å². The highest BCUT2D eigenvalue weighted by Gasteiger charge is 2.21. The van der Waals surface area contributed by atoms with Crippen molar-refractivity contribution in [3.63, 3.8) is 0 Å². The van der Waals surface area contributed by atoms with Crippen LogP contribution in [-0.4, -0.2) is 49.7 Å². The maximum Gasteiger partial charge on any atom is 0.251 e. The van der Waals surface area contributed by atoms with Gasteiger partial charge in [-0.25, -0.2) is 0 Å². The Balaban J connectivity index is 2.24. The Kier molecular flexibility index (Phi) is 5.65. The molecule has 0 bridgehead atoms. The van der Waals surface area contributed by atoms with Crippen molar-refractivity contribution in [1.82, 2.24) is 10.2 Å². The molecule has 15 heavy (non-hydrogen) atoms. The van der Waals surface area contributed by atoms with Crippen molar-refractivity contribution < 1.29 is 9.53 Å². The highest BCUT2D eigenvalue weighted by atomic mass is 16.5. The van der Waals surface area contributed by atoms with Crippen LogP contribution in [0, 0.1) is 0 Å². The summed E-state index contributed by atoms with van der Waals surface area (Å²) in [5, 5.41) is 3.23. The van der Waals surface area contributed by atoms with Crippen molar-refractivity contribution in [1.29, 1.82) is 0 Å². The fraction of sp³-hybridized carbons (Fsp3) is 0.909. The van der Waals surface area contributed by atoms with Gasteiger partial charge in [-0.05, 0) is 13.3 Å². The molecule has 1 rings (SSSR count). The van der Waals surface area contributed by atoms with Crippen molar-refractivity contribution in [2.75, 3.05) is 32.8 Å². The SMILES string of the molecule is CCCCO[C@@H](C)C(=O)N1CCNCC1. The lowest BCUT2D eigenvalue weighted by atomic mass is 10.3. The Morgan fingerprint density at radius 2 is 2.13 bits per heavy atom. The predicted molar refractivity (Wildman–Crippen MR) is 59.8 cm³/mol. The smallest absolute Gasteiger partial charge is 0.251 e. The zero-order chi connectivity index (χ0) is 11.1. The van der Waals surface area contributed by atoms with E-state index in [1.165, 1.54) is 0 Å².